The van der Waals surface area contributed by atoms with Crippen LogP contribution in [0.1, 0.15) is 12.0 Å². The molecular weight excluding hydrogens is 287 g/mol. The highest BCUT2D eigenvalue weighted by atomic mass is 35.5. The molecule has 0 saturated carbocycles. The van der Waals surface area contributed by atoms with E-state index in [2.05, 4.69) is 29.4 Å². The van der Waals surface area contributed by atoms with Crippen LogP contribution in [0, 0.1) is 5.82 Å². The van der Waals surface area contributed by atoms with Crippen LogP contribution in [0.15, 0.2) is 48.5 Å². The van der Waals surface area contributed by atoms with Crippen molar-refractivity contribution in [3.8, 4) is 0 Å². The molecule has 2 aromatic carbocycles. The average molecular weight is 307 g/mol. The number of para-hydroxylation sites is 1. The third-order valence-corrected chi connectivity index (χ3v) is 3.76. The van der Waals surface area contributed by atoms with Crippen molar-refractivity contribution in [2.45, 2.75) is 13.0 Å². The van der Waals surface area contributed by atoms with E-state index in [1.807, 2.05) is 18.2 Å². The molecule has 0 aromatic heterocycles. The van der Waals surface area contributed by atoms with Gasteiger partial charge in [0, 0.05) is 36.4 Å². The zero-order chi connectivity index (χ0) is 15.1. The van der Waals surface area contributed by atoms with Crippen molar-refractivity contribution in [3.63, 3.8) is 0 Å². The average Bonchev–Trinajstić information content (AvgIpc) is 2.50. The van der Waals surface area contributed by atoms with Crippen LogP contribution < -0.4 is 10.2 Å². The number of anilines is 1. The minimum Gasteiger partial charge on any atom is -0.375 e. The van der Waals surface area contributed by atoms with Crippen molar-refractivity contribution in [1.82, 2.24) is 5.32 Å². The van der Waals surface area contributed by atoms with Crippen LogP contribution in [0.4, 0.5) is 10.1 Å². The first-order chi connectivity index (χ1) is 10.2. The molecule has 0 bridgehead atoms. The van der Waals surface area contributed by atoms with Crippen LogP contribution in [0.3, 0.4) is 0 Å². The first-order valence-electron chi connectivity index (χ1n) is 7.08. The molecule has 0 aliphatic heterocycles. The maximum Gasteiger partial charge on any atom is 0.129 e. The van der Waals surface area contributed by atoms with Crippen molar-refractivity contribution in [1.29, 1.82) is 0 Å². The largest absolute Gasteiger partial charge is 0.375 e. The SMILES string of the molecule is CN(CCCNCc1c(F)cccc1Cl)c1ccccc1. The van der Waals surface area contributed by atoms with Crippen LogP contribution >= 0.6 is 11.6 Å². The van der Waals surface area contributed by atoms with Crippen LogP contribution in [-0.4, -0.2) is 20.1 Å². The van der Waals surface area contributed by atoms with Crippen LogP contribution in [-0.2, 0) is 6.54 Å². The zero-order valence-electron chi connectivity index (χ0n) is 12.2. The second kappa shape index (κ2) is 8.01. The predicted octanol–water partition coefficient (Wildman–Crippen LogP) is 4.10. The summed E-state index contributed by atoms with van der Waals surface area (Å²) >= 11 is 5.98. The first-order valence-corrected chi connectivity index (χ1v) is 7.46. The summed E-state index contributed by atoms with van der Waals surface area (Å²) in [6.45, 7) is 2.23. The van der Waals surface area contributed by atoms with Gasteiger partial charge in [0.25, 0.3) is 0 Å². The summed E-state index contributed by atoms with van der Waals surface area (Å²) < 4.78 is 13.6. The molecule has 0 atom stereocenters. The summed E-state index contributed by atoms with van der Waals surface area (Å²) in [5.74, 6) is -0.253. The minimum absolute atomic E-state index is 0.253. The van der Waals surface area contributed by atoms with Gasteiger partial charge in [0.2, 0.25) is 0 Å². The van der Waals surface area contributed by atoms with Gasteiger partial charge in [0.05, 0.1) is 0 Å². The fraction of sp³-hybridized carbons (Fsp3) is 0.294. The lowest BCUT2D eigenvalue weighted by molar-refractivity contribution is 0.582. The Hall–Kier alpha value is -1.58. The predicted molar refractivity (Wildman–Crippen MR) is 87.4 cm³/mol. The number of hydrogen-bond donors (Lipinski definition) is 1. The van der Waals surface area contributed by atoms with Gasteiger partial charge in [0.1, 0.15) is 5.82 Å². The van der Waals surface area contributed by atoms with Crippen LogP contribution in [0.5, 0.6) is 0 Å². The number of rotatable bonds is 7. The van der Waals surface area contributed by atoms with E-state index < -0.39 is 0 Å². The summed E-state index contributed by atoms with van der Waals surface area (Å²) in [6.07, 6.45) is 0.984. The minimum atomic E-state index is -0.253. The normalized spacial score (nSPS) is 10.6. The van der Waals surface area contributed by atoms with Gasteiger partial charge in [-0.25, -0.2) is 4.39 Å². The van der Waals surface area contributed by atoms with E-state index in [0.717, 1.165) is 19.5 Å². The summed E-state index contributed by atoms with van der Waals surface area (Å²) in [6, 6.07) is 15.0. The Morgan fingerprint density at radius 1 is 1.10 bits per heavy atom. The van der Waals surface area contributed by atoms with Crippen molar-refractivity contribution >= 4 is 17.3 Å². The molecule has 2 nitrogen and oxygen atoms in total. The van der Waals surface area contributed by atoms with Crippen LogP contribution in [0.2, 0.25) is 5.02 Å². The molecule has 2 rings (SSSR count). The second-order valence-electron chi connectivity index (χ2n) is 4.99. The molecule has 1 N–H and O–H groups in total. The van der Waals surface area contributed by atoms with Gasteiger partial charge in [-0.05, 0) is 37.2 Å². The van der Waals surface area contributed by atoms with E-state index in [1.165, 1.54) is 11.8 Å². The maximum absolute atomic E-state index is 13.6. The standard InChI is InChI=1S/C17H20ClFN2/c1-21(14-7-3-2-4-8-14)12-6-11-20-13-15-16(18)9-5-10-17(15)19/h2-5,7-10,20H,6,11-13H2,1H3. The monoisotopic (exact) mass is 306 g/mol. The lowest BCUT2D eigenvalue weighted by Crippen LogP contribution is -2.23. The molecule has 0 aliphatic carbocycles. The molecule has 112 valence electrons. The molecule has 0 fully saturated rings. The fourth-order valence-corrected chi connectivity index (χ4v) is 2.40. The lowest BCUT2D eigenvalue weighted by Gasteiger charge is -2.19. The van der Waals surface area contributed by atoms with E-state index in [1.54, 1.807) is 12.1 Å². The zero-order valence-corrected chi connectivity index (χ0v) is 12.9. The maximum atomic E-state index is 13.6. The molecule has 0 spiro atoms. The van der Waals surface area contributed by atoms with Gasteiger partial charge in [0.15, 0.2) is 0 Å². The van der Waals surface area contributed by atoms with Gasteiger partial charge in [-0.1, -0.05) is 35.9 Å². The van der Waals surface area contributed by atoms with Gasteiger partial charge in [-0.15, -0.1) is 0 Å². The molecule has 2 aromatic rings. The van der Waals surface area contributed by atoms with E-state index in [-0.39, 0.29) is 5.82 Å². The fourth-order valence-electron chi connectivity index (χ4n) is 2.17. The van der Waals surface area contributed by atoms with Gasteiger partial charge >= 0.3 is 0 Å². The van der Waals surface area contributed by atoms with E-state index in [4.69, 9.17) is 11.6 Å². The Balaban J connectivity index is 1.71. The Morgan fingerprint density at radius 3 is 2.57 bits per heavy atom. The summed E-state index contributed by atoms with van der Waals surface area (Å²) in [7, 11) is 2.07. The second-order valence-corrected chi connectivity index (χ2v) is 5.39. The summed E-state index contributed by atoms with van der Waals surface area (Å²) in [5.41, 5.74) is 1.74. The number of nitrogens with zero attached hydrogens (tertiary/aromatic N) is 1. The molecule has 4 heteroatoms. The molecule has 0 amide bonds. The first kappa shape index (κ1) is 15.8. The quantitative estimate of drug-likeness (QED) is 0.775. The molecule has 0 heterocycles. The number of halogens is 2. The van der Waals surface area contributed by atoms with Crippen molar-refractivity contribution in [3.05, 3.63) is 64.9 Å². The molecule has 0 aliphatic rings. The molecule has 0 saturated heterocycles. The van der Waals surface area contributed by atoms with Crippen LogP contribution in [0.25, 0.3) is 0 Å². The third-order valence-electron chi connectivity index (χ3n) is 3.41. The smallest absolute Gasteiger partial charge is 0.129 e. The van der Waals surface area contributed by atoms with Gasteiger partial charge in [-0.3, -0.25) is 0 Å². The highest BCUT2D eigenvalue weighted by Gasteiger charge is 2.06. The lowest BCUT2D eigenvalue weighted by atomic mass is 10.2. The van der Waals surface area contributed by atoms with E-state index in [0.29, 0.717) is 17.1 Å². The van der Waals surface area contributed by atoms with Crippen molar-refractivity contribution in [2.75, 3.05) is 25.0 Å². The highest BCUT2D eigenvalue weighted by molar-refractivity contribution is 6.31. The van der Waals surface area contributed by atoms with E-state index >= 15 is 0 Å². The van der Waals surface area contributed by atoms with Crippen molar-refractivity contribution < 1.29 is 4.39 Å². The van der Waals surface area contributed by atoms with Crippen molar-refractivity contribution in [2.24, 2.45) is 0 Å². The highest BCUT2D eigenvalue weighted by Crippen LogP contribution is 2.18. The third kappa shape index (κ3) is 4.73. The summed E-state index contributed by atoms with van der Waals surface area (Å²) in [4.78, 5) is 2.21. The topological polar surface area (TPSA) is 15.3 Å². The molecule has 0 unspecified atom stereocenters. The van der Waals surface area contributed by atoms with Gasteiger partial charge in [-0.2, -0.15) is 0 Å². The Bertz CT molecular complexity index is 540. The molecule has 0 radical (unpaired) electrons. The Kier molecular flexibility index (Phi) is 6.03. The molecule has 21 heavy (non-hydrogen) atoms. The molecular formula is C17H20ClFN2. The number of benzene rings is 2. The number of nitrogens with one attached hydrogen (secondary N) is 1. The van der Waals surface area contributed by atoms with E-state index in [9.17, 15) is 4.39 Å². The van der Waals surface area contributed by atoms with Gasteiger partial charge < -0.3 is 10.2 Å². The Morgan fingerprint density at radius 2 is 1.86 bits per heavy atom. The Labute approximate surface area is 130 Å². The summed E-state index contributed by atoms with van der Waals surface area (Å²) in [5, 5.41) is 3.71. The number of hydrogen-bond acceptors (Lipinski definition) is 2.